The maximum Gasteiger partial charge on any atom is 0.0388 e. The van der Waals surface area contributed by atoms with Gasteiger partial charge in [-0.2, -0.15) is 0 Å². The van der Waals surface area contributed by atoms with E-state index in [9.17, 15) is 5.21 Å². The van der Waals surface area contributed by atoms with Crippen molar-refractivity contribution in [1.29, 1.82) is 0 Å². The summed E-state index contributed by atoms with van der Waals surface area (Å²) < 4.78 is 0. The van der Waals surface area contributed by atoms with Crippen LogP contribution in [0.2, 0.25) is 0 Å². The molecule has 1 saturated heterocycles. The Kier molecular flexibility index (Phi) is 4.37. The molecule has 1 aliphatic carbocycles. The summed E-state index contributed by atoms with van der Waals surface area (Å²) in [5.74, 6) is 1.36. The lowest BCUT2D eigenvalue weighted by molar-refractivity contribution is 0.0662. The maximum atomic E-state index is 9.36. The molecule has 0 bridgehead atoms. The van der Waals surface area contributed by atoms with Crippen LogP contribution in [0.3, 0.4) is 0 Å². The number of hydroxylamine groups is 1. The molecule has 0 amide bonds. The van der Waals surface area contributed by atoms with E-state index in [1.54, 1.807) is 0 Å². The minimum absolute atomic E-state index is 0.228. The van der Waals surface area contributed by atoms with Gasteiger partial charge in [0.1, 0.15) is 0 Å². The van der Waals surface area contributed by atoms with Crippen LogP contribution in [0.4, 0.5) is 0 Å². The zero-order valence-corrected chi connectivity index (χ0v) is 10.7. The zero-order chi connectivity index (χ0) is 12.3. The van der Waals surface area contributed by atoms with Crippen molar-refractivity contribution in [2.75, 3.05) is 20.1 Å². The minimum Gasteiger partial charge on any atom is -0.317 e. The second-order valence-corrected chi connectivity index (χ2v) is 5.51. The lowest BCUT2D eigenvalue weighted by atomic mass is 9.74. The Hall–Kier alpha value is -0.640. The van der Waals surface area contributed by atoms with Gasteiger partial charge in [-0.15, -0.1) is 0 Å². The normalized spacial score (nSPS) is 37.5. The summed E-state index contributed by atoms with van der Waals surface area (Å²) in [5, 5.41) is 9.36. The first-order valence-electron chi connectivity index (χ1n) is 6.63. The number of likely N-dealkylation sites (tertiary alicyclic amines) is 1. The van der Waals surface area contributed by atoms with Crippen LogP contribution >= 0.6 is 0 Å². The molecule has 2 fully saturated rings. The monoisotopic (exact) mass is 236 g/mol. The topological polar surface area (TPSA) is 35.5 Å². The summed E-state index contributed by atoms with van der Waals surface area (Å²) in [5.41, 5.74) is 3.95. The molecule has 3 atom stereocenters. The lowest BCUT2D eigenvalue weighted by Gasteiger charge is -2.35. The molecular formula is C14H24N2O. The predicted octanol–water partition coefficient (Wildman–Crippen LogP) is 2.20. The molecule has 0 aromatic heterocycles. The summed E-state index contributed by atoms with van der Waals surface area (Å²) in [7, 11) is 2.19. The highest BCUT2D eigenvalue weighted by molar-refractivity contribution is 5.15. The molecule has 1 aliphatic heterocycles. The van der Waals surface area contributed by atoms with Gasteiger partial charge in [-0.1, -0.05) is 24.3 Å². The van der Waals surface area contributed by atoms with Gasteiger partial charge >= 0.3 is 0 Å². The van der Waals surface area contributed by atoms with E-state index in [-0.39, 0.29) is 6.04 Å². The molecule has 3 unspecified atom stereocenters. The Morgan fingerprint density at radius 1 is 1.47 bits per heavy atom. The zero-order valence-electron chi connectivity index (χ0n) is 10.7. The largest absolute Gasteiger partial charge is 0.317 e. The Bertz CT molecular complexity index is 301. The Balaban J connectivity index is 1.99. The Morgan fingerprint density at radius 2 is 2.29 bits per heavy atom. The van der Waals surface area contributed by atoms with Crippen molar-refractivity contribution in [1.82, 2.24) is 10.4 Å². The van der Waals surface area contributed by atoms with Crippen LogP contribution < -0.4 is 5.48 Å². The third-order valence-electron chi connectivity index (χ3n) is 4.35. The highest BCUT2D eigenvalue weighted by Gasteiger charge is 2.35. The fourth-order valence-corrected chi connectivity index (χ4v) is 3.43. The van der Waals surface area contributed by atoms with Crippen molar-refractivity contribution in [3.8, 4) is 0 Å². The minimum atomic E-state index is 0.228. The van der Waals surface area contributed by atoms with Crippen LogP contribution in [0.15, 0.2) is 24.3 Å². The maximum absolute atomic E-state index is 9.36. The van der Waals surface area contributed by atoms with Gasteiger partial charge < -0.3 is 10.1 Å². The van der Waals surface area contributed by atoms with Crippen molar-refractivity contribution in [2.24, 2.45) is 11.8 Å². The number of rotatable bonds is 3. The number of hydrogen-bond acceptors (Lipinski definition) is 3. The molecule has 2 rings (SSSR count). The molecule has 2 aliphatic rings. The molecule has 3 heteroatoms. The van der Waals surface area contributed by atoms with Crippen molar-refractivity contribution >= 4 is 0 Å². The second kappa shape index (κ2) is 5.80. The van der Waals surface area contributed by atoms with E-state index < -0.39 is 0 Å². The SMILES string of the molecule is C=C/C=C1/CCC(C2CCN(C)C2)C(NO)C1. The molecule has 17 heavy (non-hydrogen) atoms. The first-order valence-corrected chi connectivity index (χ1v) is 6.63. The van der Waals surface area contributed by atoms with E-state index in [2.05, 4.69) is 30.1 Å². The van der Waals surface area contributed by atoms with E-state index in [0.29, 0.717) is 5.92 Å². The summed E-state index contributed by atoms with van der Waals surface area (Å²) in [4.78, 5) is 2.40. The van der Waals surface area contributed by atoms with Gasteiger partial charge in [-0.05, 0) is 51.1 Å². The van der Waals surface area contributed by atoms with Crippen LogP contribution in [-0.2, 0) is 0 Å². The van der Waals surface area contributed by atoms with Gasteiger partial charge in [0.05, 0.1) is 0 Å². The van der Waals surface area contributed by atoms with Crippen LogP contribution in [0, 0.1) is 11.8 Å². The molecule has 1 heterocycles. The second-order valence-electron chi connectivity index (χ2n) is 5.51. The molecule has 0 spiro atoms. The summed E-state index contributed by atoms with van der Waals surface area (Å²) in [6, 6.07) is 0.228. The third-order valence-corrected chi connectivity index (χ3v) is 4.35. The van der Waals surface area contributed by atoms with E-state index in [1.165, 1.54) is 31.5 Å². The first kappa shape index (κ1) is 12.8. The smallest absolute Gasteiger partial charge is 0.0388 e. The summed E-state index contributed by atoms with van der Waals surface area (Å²) in [6.45, 7) is 6.13. The third kappa shape index (κ3) is 2.97. The van der Waals surface area contributed by atoms with Crippen molar-refractivity contribution in [3.05, 3.63) is 24.3 Å². The fraction of sp³-hybridized carbons (Fsp3) is 0.714. The van der Waals surface area contributed by atoms with Gasteiger partial charge in [-0.25, -0.2) is 5.48 Å². The van der Waals surface area contributed by atoms with Crippen LogP contribution in [0.25, 0.3) is 0 Å². The number of allylic oxidation sites excluding steroid dienone is 2. The highest BCUT2D eigenvalue weighted by atomic mass is 16.5. The molecule has 2 N–H and O–H groups in total. The Morgan fingerprint density at radius 3 is 2.88 bits per heavy atom. The van der Waals surface area contributed by atoms with Crippen LogP contribution in [0.1, 0.15) is 25.7 Å². The predicted molar refractivity (Wildman–Crippen MR) is 69.9 cm³/mol. The van der Waals surface area contributed by atoms with Crippen LogP contribution in [-0.4, -0.2) is 36.3 Å². The highest BCUT2D eigenvalue weighted by Crippen LogP contribution is 2.37. The first-order chi connectivity index (χ1) is 8.24. The molecule has 0 radical (unpaired) electrons. The molecule has 0 aromatic rings. The molecule has 3 nitrogen and oxygen atoms in total. The van der Waals surface area contributed by atoms with E-state index >= 15 is 0 Å². The molecule has 0 aromatic carbocycles. The van der Waals surface area contributed by atoms with Gasteiger partial charge in [-0.3, -0.25) is 0 Å². The average molecular weight is 236 g/mol. The van der Waals surface area contributed by atoms with Gasteiger partial charge in [0.25, 0.3) is 0 Å². The van der Waals surface area contributed by atoms with E-state index in [4.69, 9.17) is 0 Å². The summed E-state index contributed by atoms with van der Waals surface area (Å²) >= 11 is 0. The van der Waals surface area contributed by atoms with Crippen molar-refractivity contribution in [2.45, 2.75) is 31.7 Å². The van der Waals surface area contributed by atoms with E-state index in [0.717, 1.165) is 18.8 Å². The van der Waals surface area contributed by atoms with Crippen molar-refractivity contribution < 1.29 is 5.21 Å². The number of nitrogens with one attached hydrogen (secondary N) is 1. The van der Waals surface area contributed by atoms with E-state index in [1.807, 2.05) is 6.08 Å². The van der Waals surface area contributed by atoms with Gasteiger partial charge in [0.15, 0.2) is 0 Å². The lowest BCUT2D eigenvalue weighted by Crippen LogP contribution is -2.41. The molecule has 96 valence electrons. The number of hydrogen-bond donors (Lipinski definition) is 2. The molecular weight excluding hydrogens is 212 g/mol. The van der Waals surface area contributed by atoms with Crippen molar-refractivity contribution in [3.63, 3.8) is 0 Å². The number of nitrogens with zero attached hydrogens (tertiary/aromatic N) is 1. The quantitative estimate of drug-likeness (QED) is 0.737. The standard InChI is InChI=1S/C14H24N2O/c1-3-4-11-5-6-13(14(9-11)15-17)12-7-8-16(2)10-12/h3-4,12-15,17H,1,5-10H2,2H3/b11-4-. The summed E-state index contributed by atoms with van der Waals surface area (Å²) in [6.07, 6.45) is 8.55. The fourth-order valence-electron chi connectivity index (χ4n) is 3.43. The van der Waals surface area contributed by atoms with Gasteiger partial charge in [0.2, 0.25) is 0 Å². The molecule has 1 saturated carbocycles. The average Bonchev–Trinajstić information content (AvgIpc) is 2.76. The Labute approximate surface area is 104 Å². The van der Waals surface area contributed by atoms with Gasteiger partial charge in [0, 0.05) is 12.6 Å². The van der Waals surface area contributed by atoms with Crippen LogP contribution in [0.5, 0.6) is 0 Å².